The Morgan fingerprint density at radius 2 is 1.89 bits per heavy atom. The van der Waals surface area contributed by atoms with E-state index in [1.165, 1.54) is 7.05 Å². The summed E-state index contributed by atoms with van der Waals surface area (Å²) in [5.41, 5.74) is 4.72. The summed E-state index contributed by atoms with van der Waals surface area (Å²) in [5.74, 6) is -1.03. The summed E-state index contributed by atoms with van der Waals surface area (Å²) in [7, 11) is 1.44. The quantitative estimate of drug-likeness (QED) is 0.705. The van der Waals surface area contributed by atoms with Crippen molar-refractivity contribution in [3.05, 3.63) is 0 Å². The van der Waals surface area contributed by atoms with Crippen molar-refractivity contribution in [2.24, 2.45) is 5.73 Å². The summed E-state index contributed by atoms with van der Waals surface area (Å²) < 4.78 is 5.14. The molecular formula is C12H24N2O4. The smallest absolute Gasteiger partial charge is 0.410 e. The number of rotatable bonds is 6. The third kappa shape index (κ3) is 6.44. The van der Waals surface area contributed by atoms with Crippen LogP contribution in [0.3, 0.4) is 0 Å². The molecule has 0 aromatic carbocycles. The van der Waals surface area contributed by atoms with Gasteiger partial charge in [0.25, 0.3) is 0 Å². The van der Waals surface area contributed by atoms with E-state index in [9.17, 15) is 9.59 Å². The fourth-order valence-electron chi connectivity index (χ4n) is 1.43. The van der Waals surface area contributed by atoms with Gasteiger partial charge in [0, 0.05) is 7.05 Å². The van der Waals surface area contributed by atoms with Gasteiger partial charge >= 0.3 is 12.1 Å². The van der Waals surface area contributed by atoms with Crippen LogP contribution in [0.1, 0.15) is 40.0 Å². The van der Waals surface area contributed by atoms with E-state index >= 15 is 0 Å². The van der Waals surface area contributed by atoms with E-state index < -0.39 is 23.7 Å². The van der Waals surface area contributed by atoms with Gasteiger partial charge in [0.1, 0.15) is 11.6 Å². The molecule has 0 aromatic heterocycles. The number of aliphatic carboxylic acids is 1. The predicted molar refractivity (Wildman–Crippen MR) is 68.3 cm³/mol. The Labute approximate surface area is 108 Å². The van der Waals surface area contributed by atoms with Crippen molar-refractivity contribution in [1.29, 1.82) is 0 Å². The van der Waals surface area contributed by atoms with Crippen molar-refractivity contribution in [3.8, 4) is 0 Å². The highest BCUT2D eigenvalue weighted by molar-refractivity contribution is 5.79. The molecule has 0 radical (unpaired) electrons. The van der Waals surface area contributed by atoms with Crippen LogP contribution in [0.4, 0.5) is 4.79 Å². The molecule has 0 rings (SSSR count). The fraction of sp³-hybridized carbons (Fsp3) is 0.833. The van der Waals surface area contributed by atoms with Crippen LogP contribution >= 0.6 is 0 Å². The molecule has 1 unspecified atom stereocenters. The number of carboxylic acid groups (broad SMARTS) is 1. The Morgan fingerprint density at radius 3 is 2.28 bits per heavy atom. The normalized spacial score (nSPS) is 12.9. The second kappa shape index (κ2) is 7.20. The molecule has 3 N–H and O–H groups in total. The van der Waals surface area contributed by atoms with Gasteiger partial charge in [-0.15, -0.1) is 0 Å². The van der Waals surface area contributed by atoms with E-state index in [4.69, 9.17) is 15.6 Å². The number of nitrogens with zero attached hydrogens (tertiary/aromatic N) is 1. The Bertz CT molecular complexity index is 286. The van der Waals surface area contributed by atoms with E-state index in [0.29, 0.717) is 19.4 Å². The van der Waals surface area contributed by atoms with E-state index in [0.717, 1.165) is 11.3 Å². The first-order valence-electron chi connectivity index (χ1n) is 6.07. The molecule has 106 valence electrons. The summed E-state index contributed by atoms with van der Waals surface area (Å²) in [6, 6.07) is -0.869. The van der Waals surface area contributed by atoms with Gasteiger partial charge in [-0.25, -0.2) is 9.59 Å². The lowest BCUT2D eigenvalue weighted by Gasteiger charge is -2.28. The lowest BCUT2D eigenvalue weighted by atomic mass is 10.1. The summed E-state index contributed by atoms with van der Waals surface area (Å²) in [6.07, 6.45) is 1.16. The number of carboxylic acids is 1. The van der Waals surface area contributed by atoms with Crippen molar-refractivity contribution in [3.63, 3.8) is 0 Å². The van der Waals surface area contributed by atoms with Crippen LogP contribution in [0.15, 0.2) is 0 Å². The third-order valence-electron chi connectivity index (χ3n) is 2.37. The van der Waals surface area contributed by atoms with Crippen LogP contribution in [0, 0.1) is 0 Å². The minimum Gasteiger partial charge on any atom is -0.480 e. The number of nitrogens with two attached hydrogens (primary N) is 1. The molecule has 0 saturated carbocycles. The predicted octanol–water partition coefficient (Wildman–Crippen LogP) is 1.44. The number of amides is 1. The highest BCUT2D eigenvalue weighted by atomic mass is 16.6. The minimum atomic E-state index is -1.03. The summed E-state index contributed by atoms with van der Waals surface area (Å²) in [4.78, 5) is 24.0. The van der Waals surface area contributed by atoms with Crippen LogP contribution in [0.25, 0.3) is 0 Å². The standard InChI is InChI=1S/C12H24N2O4/c1-12(2,3)18-11(17)14(4)9(10(15)16)7-5-6-8-13/h9H,5-8,13H2,1-4H3,(H,15,16). The molecule has 0 aromatic rings. The van der Waals surface area contributed by atoms with Crippen molar-refractivity contribution in [2.45, 2.75) is 51.7 Å². The van der Waals surface area contributed by atoms with Crippen LogP contribution in [0.2, 0.25) is 0 Å². The summed E-state index contributed by atoms with van der Waals surface area (Å²) in [5, 5.41) is 9.11. The van der Waals surface area contributed by atoms with Gasteiger partial charge in [-0.3, -0.25) is 4.90 Å². The van der Waals surface area contributed by atoms with E-state index in [1.807, 2.05) is 0 Å². The SMILES string of the molecule is CN(C(=O)OC(C)(C)C)C(CCCCN)C(=O)O. The number of likely N-dealkylation sites (N-methyl/N-ethyl adjacent to an activating group) is 1. The van der Waals surface area contributed by atoms with Gasteiger partial charge in [0.15, 0.2) is 0 Å². The van der Waals surface area contributed by atoms with Crippen LogP contribution in [-0.2, 0) is 9.53 Å². The molecular weight excluding hydrogens is 236 g/mol. The maximum Gasteiger partial charge on any atom is 0.410 e. The third-order valence-corrected chi connectivity index (χ3v) is 2.37. The Hall–Kier alpha value is -1.30. The molecule has 18 heavy (non-hydrogen) atoms. The first kappa shape index (κ1) is 16.7. The average Bonchev–Trinajstić information content (AvgIpc) is 2.20. The molecule has 0 aliphatic heterocycles. The minimum absolute atomic E-state index is 0.377. The van der Waals surface area contributed by atoms with Gasteiger partial charge in [-0.05, 0) is 46.6 Å². The zero-order valence-corrected chi connectivity index (χ0v) is 11.6. The number of ether oxygens (including phenoxy) is 1. The summed E-state index contributed by atoms with van der Waals surface area (Å²) >= 11 is 0. The average molecular weight is 260 g/mol. The topological polar surface area (TPSA) is 92.9 Å². The number of hydrogen-bond acceptors (Lipinski definition) is 4. The first-order chi connectivity index (χ1) is 8.19. The molecule has 0 saturated heterocycles. The number of hydrogen-bond donors (Lipinski definition) is 2. The Kier molecular flexibility index (Phi) is 6.68. The molecule has 0 heterocycles. The molecule has 1 atom stereocenters. The van der Waals surface area contributed by atoms with Gasteiger partial charge in [-0.1, -0.05) is 0 Å². The first-order valence-corrected chi connectivity index (χ1v) is 6.07. The van der Waals surface area contributed by atoms with Crippen molar-refractivity contribution >= 4 is 12.1 Å². The monoisotopic (exact) mass is 260 g/mol. The molecule has 0 aliphatic rings. The lowest BCUT2D eigenvalue weighted by Crippen LogP contribution is -2.44. The number of carbonyl (C=O) groups excluding carboxylic acids is 1. The van der Waals surface area contributed by atoms with E-state index in [2.05, 4.69) is 0 Å². The zero-order valence-electron chi connectivity index (χ0n) is 11.6. The van der Waals surface area contributed by atoms with Crippen LogP contribution in [-0.4, -0.2) is 47.3 Å². The van der Waals surface area contributed by atoms with Crippen molar-refractivity contribution < 1.29 is 19.4 Å². The van der Waals surface area contributed by atoms with Gasteiger partial charge in [0.2, 0.25) is 0 Å². The lowest BCUT2D eigenvalue weighted by molar-refractivity contribution is -0.143. The molecule has 6 nitrogen and oxygen atoms in total. The highest BCUT2D eigenvalue weighted by Crippen LogP contribution is 2.13. The van der Waals surface area contributed by atoms with Crippen LogP contribution in [0.5, 0.6) is 0 Å². The molecule has 0 bridgehead atoms. The van der Waals surface area contributed by atoms with Crippen molar-refractivity contribution in [2.75, 3.05) is 13.6 Å². The maximum absolute atomic E-state index is 11.8. The Morgan fingerprint density at radius 1 is 1.33 bits per heavy atom. The highest BCUT2D eigenvalue weighted by Gasteiger charge is 2.29. The van der Waals surface area contributed by atoms with Crippen molar-refractivity contribution in [1.82, 2.24) is 4.90 Å². The summed E-state index contributed by atoms with van der Waals surface area (Å²) in [6.45, 7) is 5.73. The number of unbranched alkanes of at least 4 members (excludes halogenated alkanes) is 1. The second-order valence-electron chi connectivity index (χ2n) is 5.23. The molecule has 0 fully saturated rings. The second-order valence-corrected chi connectivity index (χ2v) is 5.23. The molecule has 0 spiro atoms. The maximum atomic E-state index is 11.8. The van der Waals surface area contributed by atoms with E-state index in [-0.39, 0.29) is 0 Å². The van der Waals surface area contributed by atoms with Gasteiger partial charge in [0.05, 0.1) is 0 Å². The van der Waals surface area contributed by atoms with Crippen LogP contribution < -0.4 is 5.73 Å². The number of carbonyl (C=O) groups is 2. The molecule has 1 amide bonds. The van der Waals surface area contributed by atoms with Gasteiger partial charge in [-0.2, -0.15) is 0 Å². The Balaban J connectivity index is 4.51. The largest absolute Gasteiger partial charge is 0.480 e. The van der Waals surface area contributed by atoms with E-state index in [1.54, 1.807) is 20.8 Å². The molecule has 6 heteroatoms. The van der Waals surface area contributed by atoms with Gasteiger partial charge < -0.3 is 15.6 Å². The zero-order chi connectivity index (χ0) is 14.3. The molecule has 0 aliphatic carbocycles. The fourth-order valence-corrected chi connectivity index (χ4v) is 1.43.